The third-order valence-corrected chi connectivity index (χ3v) is 3.43. The van der Waals surface area contributed by atoms with Crippen LogP contribution in [0.4, 0.5) is 5.69 Å². The van der Waals surface area contributed by atoms with Crippen LogP contribution in [0.3, 0.4) is 0 Å². The zero-order valence-electron chi connectivity index (χ0n) is 12.4. The molecule has 0 fully saturated rings. The van der Waals surface area contributed by atoms with Gasteiger partial charge in [-0.25, -0.2) is 4.98 Å². The number of aromatic nitrogens is 1. The number of carbonyl (C=O) groups is 1. The van der Waals surface area contributed by atoms with Crippen molar-refractivity contribution in [2.24, 2.45) is 0 Å². The first-order valence-corrected chi connectivity index (χ1v) is 7.13. The summed E-state index contributed by atoms with van der Waals surface area (Å²) < 4.78 is 10.3. The Morgan fingerprint density at radius 3 is 2.77 bits per heavy atom. The first-order chi connectivity index (χ1) is 10.6. The molecule has 0 saturated heterocycles. The van der Waals surface area contributed by atoms with Gasteiger partial charge < -0.3 is 14.8 Å². The molecule has 0 aliphatic heterocycles. The predicted octanol–water partition coefficient (Wildman–Crippen LogP) is 3.32. The van der Waals surface area contributed by atoms with E-state index >= 15 is 0 Å². The molecular weight excluding hydrogens is 304 g/mol. The van der Waals surface area contributed by atoms with Crippen LogP contribution < -0.4 is 14.8 Å². The Morgan fingerprint density at radius 1 is 1.27 bits per heavy atom. The van der Waals surface area contributed by atoms with E-state index < -0.39 is 0 Å². The summed E-state index contributed by atoms with van der Waals surface area (Å²) in [6.45, 7) is 0. The Morgan fingerprint density at radius 2 is 2.05 bits per heavy atom. The molecule has 1 amide bonds. The van der Waals surface area contributed by atoms with Crippen LogP contribution in [0.5, 0.6) is 11.6 Å². The monoisotopic (exact) mass is 320 g/mol. The van der Waals surface area contributed by atoms with E-state index in [0.29, 0.717) is 29.4 Å². The maximum Gasteiger partial charge on any atom is 0.224 e. The number of hydrogen-bond donors (Lipinski definition) is 1. The highest BCUT2D eigenvalue weighted by Crippen LogP contribution is 2.25. The van der Waals surface area contributed by atoms with Gasteiger partial charge in [-0.3, -0.25) is 4.79 Å². The molecule has 1 aromatic heterocycles. The van der Waals surface area contributed by atoms with E-state index in [1.807, 2.05) is 24.3 Å². The Bertz CT molecular complexity index is 662. The van der Waals surface area contributed by atoms with Gasteiger partial charge in [0.25, 0.3) is 0 Å². The van der Waals surface area contributed by atoms with Crippen LogP contribution >= 0.6 is 11.6 Å². The lowest BCUT2D eigenvalue weighted by Gasteiger charge is -2.10. The molecule has 2 rings (SSSR count). The number of benzene rings is 1. The lowest BCUT2D eigenvalue weighted by molar-refractivity contribution is -0.116. The van der Waals surface area contributed by atoms with Crippen molar-refractivity contribution in [3.63, 3.8) is 0 Å². The first-order valence-electron chi connectivity index (χ1n) is 6.75. The number of carbonyl (C=O) groups excluding carboxylic acids is 1. The summed E-state index contributed by atoms with van der Waals surface area (Å²) in [6, 6.07) is 9.21. The molecule has 0 radical (unpaired) electrons. The Hall–Kier alpha value is -2.27. The second-order valence-electron chi connectivity index (χ2n) is 4.57. The number of nitrogens with zero attached hydrogens (tertiary/aromatic N) is 1. The minimum atomic E-state index is -0.138. The number of nitrogens with one attached hydrogen (secondary N) is 1. The number of pyridine rings is 1. The Labute approximate surface area is 134 Å². The second-order valence-corrected chi connectivity index (χ2v) is 4.97. The fourth-order valence-corrected chi connectivity index (χ4v) is 2.15. The molecule has 0 aliphatic rings. The number of hydrogen-bond acceptors (Lipinski definition) is 4. The van der Waals surface area contributed by atoms with Gasteiger partial charge in [-0.2, -0.15) is 0 Å². The normalized spacial score (nSPS) is 10.1. The van der Waals surface area contributed by atoms with Crippen LogP contribution in [0.2, 0.25) is 5.02 Å². The number of aryl methyl sites for hydroxylation is 1. The van der Waals surface area contributed by atoms with Gasteiger partial charge in [0.05, 0.1) is 31.1 Å². The van der Waals surface area contributed by atoms with E-state index in [4.69, 9.17) is 21.1 Å². The zero-order chi connectivity index (χ0) is 15.9. The minimum absolute atomic E-state index is 0.138. The van der Waals surface area contributed by atoms with Crippen LogP contribution in [-0.4, -0.2) is 25.1 Å². The standard InChI is InChI=1S/C16H17ClN2O3/c1-21-14-6-4-3-5-11(14)7-8-15(20)19-13-9-16(22-2)18-10-12(13)17/h3-6,9-10H,7-8H2,1-2H3,(H,18,19,20). The smallest absolute Gasteiger partial charge is 0.224 e. The molecule has 1 heterocycles. The summed E-state index contributed by atoms with van der Waals surface area (Å²) in [7, 11) is 3.12. The summed E-state index contributed by atoms with van der Waals surface area (Å²) >= 11 is 6.01. The van der Waals surface area contributed by atoms with Crippen molar-refractivity contribution in [3.8, 4) is 11.6 Å². The highest BCUT2D eigenvalue weighted by atomic mass is 35.5. The quantitative estimate of drug-likeness (QED) is 0.887. The van der Waals surface area contributed by atoms with Crippen molar-refractivity contribution < 1.29 is 14.3 Å². The molecule has 1 N–H and O–H groups in total. The molecule has 0 saturated carbocycles. The highest BCUT2D eigenvalue weighted by molar-refractivity contribution is 6.33. The largest absolute Gasteiger partial charge is 0.496 e. The van der Waals surface area contributed by atoms with Crippen LogP contribution in [0.15, 0.2) is 36.5 Å². The average molecular weight is 321 g/mol. The molecule has 0 bridgehead atoms. The van der Waals surface area contributed by atoms with Gasteiger partial charge in [-0.15, -0.1) is 0 Å². The number of methoxy groups -OCH3 is 2. The average Bonchev–Trinajstić information content (AvgIpc) is 2.55. The Kier molecular flexibility index (Phi) is 5.61. The van der Waals surface area contributed by atoms with E-state index in [-0.39, 0.29) is 5.91 Å². The summed E-state index contributed by atoms with van der Waals surface area (Å²) in [5, 5.41) is 3.13. The van der Waals surface area contributed by atoms with Crippen LogP contribution in [-0.2, 0) is 11.2 Å². The van der Waals surface area contributed by atoms with Crippen molar-refractivity contribution in [2.45, 2.75) is 12.8 Å². The lowest BCUT2D eigenvalue weighted by Crippen LogP contribution is -2.13. The topological polar surface area (TPSA) is 60.5 Å². The van der Waals surface area contributed by atoms with E-state index in [9.17, 15) is 4.79 Å². The maximum absolute atomic E-state index is 12.1. The molecule has 5 nitrogen and oxygen atoms in total. The van der Waals surface area contributed by atoms with Crippen molar-refractivity contribution in [1.82, 2.24) is 4.98 Å². The number of rotatable bonds is 6. The van der Waals surface area contributed by atoms with Crippen molar-refractivity contribution >= 4 is 23.2 Å². The highest BCUT2D eigenvalue weighted by Gasteiger charge is 2.10. The van der Waals surface area contributed by atoms with E-state index in [1.165, 1.54) is 13.3 Å². The van der Waals surface area contributed by atoms with Crippen LogP contribution in [0.25, 0.3) is 0 Å². The molecule has 0 aliphatic carbocycles. The zero-order valence-corrected chi connectivity index (χ0v) is 13.2. The molecule has 2 aromatic rings. The molecule has 0 atom stereocenters. The molecule has 0 spiro atoms. The second kappa shape index (κ2) is 7.66. The molecule has 22 heavy (non-hydrogen) atoms. The van der Waals surface area contributed by atoms with Crippen LogP contribution in [0.1, 0.15) is 12.0 Å². The molecule has 116 valence electrons. The lowest BCUT2D eigenvalue weighted by atomic mass is 10.1. The molecule has 0 unspecified atom stereocenters. The van der Waals surface area contributed by atoms with Gasteiger partial charge >= 0.3 is 0 Å². The van der Waals surface area contributed by atoms with Crippen molar-refractivity contribution in [1.29, 1.82) is 0 Å². The number of amides is 1. The van der Waals surface area contributed by atoms with Gasteiger partial charge in [0.1, 0.15) is 5.75 Å². The number of halogens is 1. The van der Waals surface area contributed by atoms with Crippen molar-refractivity contribution in [2.75, 3.05) is 19.5 Å². The third kappa shape index (κ3) is 4.11. The maximum atomic E-state index is 12.1. The fraction of sp³-hybridized carbons (Fsp3) is 0.250. The van der Waals surface area contributed by atoms with Gasteiger partial charge in [-0.1, -0.05) is 29.8 Å². The van der Waals surface area contributed by atoms with Gasteiger partial charge in [0.2, 0.25) is 11.8 Å². The van der Waals surface area contributed by atoms with Gasteiger partial charge in [-0.05, 0) is 18.1 Å². The van der Waals surface area contributed by atoms with Gasteiger partial charge in [0, 0.05) is 12.5 Å². The summed E-state index contributed by atoms with van der Waals surface area (Å²) in [4.78, 5) is 16.0. The Balaban J connectivity index is 1.99. The summed E-state index contributed by atoms with van der Waals surface area (Å²) in [5.74, 6) is 1.03. The van der Waals surface area contributed by atoms with Crippen molar-refractivity contribution in [3.05, 3.63) is 47.1 Å². The minimum Gasteiger partial charge on any atom is -0.496 e. The van der Waals surface area contributed by atoms with Gasteiger partial charge in [0.15, 0.2) is 0 Å². The third-order valence-electron chi connectivity index (χ3n) is 3.13. The predicted molar refractivity (Wildman–Crippen MR) is 85.7 cm³/mol. The molecular formula is C16H17ClN2O3. The fourth-order valence-electron chi connectivity index (χ4n) is 2.00. The number of anilines is 1. The number of para-hydroxylation sites is 1. The van der Waals surface area contributed by atoms with Crippen LogP contribution in [0, 0.1) is 0 Å². The summed E-state index contributed by atoms with van der Waals surface area (Å²) in [6.07, 6.45) is 2.34. The summed E-state index contributed by atoms with van der Waals surface area (Å²) in [5.41, 5.74) is 1.47. The number of ether oxygens (including phenoxy) is 2. The SMILES string of the molecule is COc1cc(NC(=O)CCc2ccccc2OC)c(Cl)cn1. The van der Waals surface area contributed by atoms with E-state index in [0.717, 1.165) is 11.3 Å². The first kappa shape index (κ1) is 16.1. The van der Waals surface area contributed by atoms with E-state index in [1.54, 1.807) is 13.2 Å². The van der Waals surface area contributed by atoms with E-state index in [2.05, 4.69) is 10.3 Å². The molecule has 6 heteroatoms. The molecule has 1 aromatic carbocycles.